The van der Waals surface area contributed by atoms with Crippen molar-refractivity contribution >= 4 is 19.7 Å². The molecule has 0 aliphatic heterocycles. The Morgan fingerprint density at radius 1 is 0.590 bits per heavy atom. The minimum Gasteiger partial charge on any atom is -0.508 e. The number of hydrogen-bond acceptors (Lipinski definition) is 18. The molecule has 4 aliphatic rings. The second kappa shape index (κ2) is 18.4. The third kappa shape index (κ3) is 8.44. The topological polar surface area (TPSA) is 273 Å². The van der Waals surface area contributed by atoms with Gasteiger partial charge in [-0.3, -0.25) is 0 Å². The van der Waals surface area contributed by atoms with Gasteiger partial charge in [0, 0.05) is 49.9 Å². The number of sulfone groups is 2. The molecule has 0 amide bonds. The summed E-state index contributed by atoms with van der Waals surface area (Å²) in [6.07, 6.45) is 12.0. The van der Waals surface area contributed by atoms with Crippen LogP contribution in [-0.2, 0) is 43.3 Å². The molecule has 0 radical (unpaired) electrons. The number of hydrogen-bond donors (Lipinski definition) is 2. The van der Waals surface area contributed by atoms with Crippen molar-refractivity contribution in [2.75, 3.05) is 24.0 Å². The van der Waals surface area contributed by atoms with Gasteiger partial charge in [-0.15, -0.1) is 20.4 Å². The molecule has 0 spiro atoms. The maximum atomic E-state index is 14.7. The number of aromatic hydroxyl groups is 2. The number of aryl methyl sites for hydroxylation is 2. The van der Waals surface area contributed by atoms with Crippen molar-refractivity contribution in [3.63, 3.8) is 0 Å². The maximum absolute atomic E-state index is 14.7. The molecule has 4 atom stereocenters. The van der Waals surface area contributed by atoms with Crippen molar-refractivity contribution in [2.45, 2.75) is 88.9 Å². The van der Waals surface area contributed by atoms with Gasteiger partial charge in [0.2, 0.25) is 0 Å². The standard InChI is InChI=1S/2C26H25F2N7O3S/c1-25(2)16-4-7-26(25,23-15(16)12-19(32-33-23)22-17(27)10-14(36)11-18(22)28)20-5-8-29-24(31-20)35-13-30-21(34-35)6-9-39(3,37)38;1-25(2)15-6-9-26(25,23-14(15)12-17(32-33-23)21-16(27)4-5-18(36)22(21)28)19-7-10-29-24(31-19)35-13-30-20(34-35)8-11-39(3,37)38/h5,8,10-13,16,36H,4,6-7,9H2,1-3H3;4-5,7,10,12-13,15,36H,6,8-9,11H2,1-3H3/t16-,26-;15-,26-/m00/s1. The Labute approximate surface area is 444 Å². The lowest BCUT2D eigenvalue weighted by Crippen LogP contribution is -2.38. The lowest BCUT2D eigenvalue weighted by molar-refractivity contribution is 0.242. The fourth-order valence-electron chi connectivity index (χ4n) is 12.6. The molecule has 0 unspecified atom stereocenters. The van der Waals surface area contributed by atoms with E-state index in [4.69, 9.17) is 9.97 Å². The van der Waals surface area contributed by atoms with Gasteiger partial charge in [0.1, 0.15) is 55.5 Å². The van der Waals surface area contributed by atoms with Crippen LogP contribution in [0.4, 0.5) is 17.6 Å². The number of phenols is 2. The molecule has 2 saturated carbocycles. The van der Waals surface area contributed by atoms with Crippen molar-refractivity contribution in [2.24, 2.45) is 10.8 Å². The van der Waals surface area contributed by atoms with Crippen LogP contribution in [0.2, 0.25) is 0 Å². The highest BCUT2D eigenvalue weighted by Crippen LogP contribution is 2.71. The summed E-state index contributed by atoms with van der Waals surface area (Å²) in [5, 5.41) is 45.5. The summed E-state index contributed by atoms with van der Waals surface area (Å²) in [5.41, 5.74) is 1.94. The number of aromatic nitrogens is 14. The molecule has 2 fully saturated rings. The van der Waals surface area contributed by atoms with E-state index in [0.29, 0.717) is 28.7 Å². The first-order chi connectivity index (χ1) is 36.8. The van der Waals surface area contributed by atoms with E-state index in [0.717, 1.165) is 79.3 Å². The van der Waals surface area contributed by atoms with E-state index in [-0.39, 0.29) is 75.9 Å². The lowest BCUT2D eigenvalue weighted by atomic mass is 9.66. The summed E-state index contributed by atoms with van der Waals surface area (Å²) >= 11 is 0. The molecule has 6 aromatic heterocycles. The fourth-order valence-corrected chi connectivity index (χ4v) is 13.7. The van der Waals surface area contributed by atoms with E-state index < -0.39 is 70.8 Å². The highest BCUT2D eigenvalue weighted by atomic mass is 32.2. The zero-order valence-electron chi connectivity index (χ0n) is 42.9. The molecule has 8 aromatic rings. The van der Waals surface area contributed by atoms with Crippen LogP contribution < -0.4 is 0 Å². The Morgan fingerprint density at radius 3 is 1.49 bits per heavy atom. The molecule has 4 bridgehead atoms. The first-order valence-electron chi connectivity index (χ1n) is 24.8. The average Bonchev–Trinajstić information content (AvgIpc) is 2.89. The Hall–Kier alpha value is -7.74. The van der Waals surface area contributed by atoms with E-state index in [2.05, 4.69) is 78.2 Å². The van der Waals surface area contributed by atoms with Crippen LogP contribution in [0.3, 0.4) is 0 Å². The highest BCUT2D eigenvalue weighted by Gasteiger charge is 2.66. The Kier molecular flexibility index (Phi) is 12.4. The van der Waals surface area contributed by atoms with Crippen molar-refractivity contribution in [3.8, 4) is 45.9 Å². The number of fused-ring (bicyclic) bond motifs is 10. The van der Waals surface area contributed by atoms with Crippen LogP contribution in [0.1, 0.15) is 111 Å². The first-order valence-corrected chi connectivity index (χ1v) is 28.9. The van der Waals surface area contributed by atoms with Gasteiger partial charge in [0.15, 0.2) is 23.2 Å². The summed E-state index contributed by atoms with van der Waals surface area (Å²) in [7, 11) is -6.32. The molecule has 6 heterocycles. The SMILES string of the molecule is CC1(C)[C@H]2CC[C@]1(c1ccnc(-n3cnc(CCS(C)(=O)=O)n3)n1)c1nnc(-c3c(F)cc(O)cc3F)cc12.CC1(C)[C@H]2CC[C@]1(c1ccnc(-n3cnc(CCS(C)(=O)=O)n3)n1)c1nnc(-c3c(F)ccc(O)c3F)cc12. The van der Waals surface area contributed by atoms with Crippen LogP contribution in [-0.4, -0.2) is 121 Å². The molecular weight excluding hydrogens is 1060 g/mol. The van der Waals surface area contributed by atoms with E-state index >= 15 is 0 Å². The van der Waals surface area contributed by atoms with Gasteiger partial charge in [-0.25, -0.2) is 64.3 Å². The lowest BCUT2D eigenvalue weighted by Gasteiger charge is -2.37. The average molecular weight is 1110 g/mol. The number of phenolic OH excluding ortho intramolecular Hbond substituents is 2. The van der Waals surface area contributed by atoms with Crippen molar-refractivity contribution in [1.29, 1.82) is 0 Å². The minimum atomic E-state index is -3.16. The van der Waals surface area contributed by atoms with Crippen LogP contribution in [0, 0.1) is 34.1 Å². The number of benzene rings is 2. The van der Waals surface area contributed by atoms with Gasteiger partial charge in [0.25, 0.3) is 11.9 Å². The smallest absolute Gasteiger partial charge is 0.252 e. The fraction of sp³-hybridized carbons (Fsp3) is 0.385. The Bertz CT molecular complexity index is 3970. The predicted molar refractivity (Wildman–Crippen MR) is 272 cm³/mol. The summed E-state index contributed by atoms with van der Waals surface area (Å²) in [5.74, 6) is -3.64. The van der Waals surface area contributed by atoms with Gasteiger partial charge in [0.05, 0.1) is 67.6 Å². The largest absolute Gasteiger partial charge is 0.508 e. The van der Waals surface area contributed by atoms with Crippen molar-refractivity contribution < 1.29 is 44.6 Å². The second-order valence-corrected chi connectivity index (χ2v) is 26.0. The van der Waals surface area contributed by atoms with Crippen LogP contribution in [0.5, 0.6) is 11.5 Å². The van der Waals surface area contributed by atoms with Crippen molar-refractivity contribution in [1.82, 2.24) is 69.9 Å². The predicted octanol–water partition coefficient (Wildman–Crippen LogP) is 6.58. The van der Waals surface area contributed by atoms with E-state index in [9.17, 15) is 44.6 Å². The monoisotopic (exact) mass is 1110 g/mol. The quantitative estimate of drug-likeness (QED) is 0.122. The molecule has 404 valence electrons. The third-order valence-electron chi connectivity index (χ3n) is 16.4. The zero-order valence-corrected chi connectivity index (χ0v) is 44.5. The van der Waals surface area contributed by atoms with Crippen LogP contribution in [0.15, 0.2) is 73.6 Å². The Balaban J connectivity index is 0.000000165. The van der Waals surface area contributed by atoms with Gasteiger partial charge >= 0.3 is 0 Å². The van der Waals surface area contributed by atoms with Crippen molar-refractivity contribution in [3.05, 3.63) is 142 Å². The van der Waals surface area contributed by atoms with E-state index in [1.165, 1.54) is 22.0 Å². The minimum absolute atomic E-state index is 0.0192. The van der Waals surface area contributed by atoms with Gasteiger partial charge in [-0.1, -0.05) is 27.7 Å². The zero-order chi connectivity index (χ0) is 55.5. The van der Waals surface area contributed by atoms with Gasteiger partial charge in [-0.05, 0) is 95.9 Å². The molecule has 2 aromatic carbocycles. The van der Waals surface area contributed by atoms with Crippen LogP contribution >= 0.6 is 0 Å². The normalized spacial score (nSPS) is 21.3. The van der Waals surface area contributed by atoms with E-state index in [1.807, 2.05) is 12.1 Å². The molecule has 12 rings (SSSR count). The highest BCUT2D eigenvalue weighted by molar-refractivity contribution is 7.90. The molecular formula is C52H50F4N14O6S2. The van der Waals surface area contributed by atoms with Gasteiger partial charge < -0.3 is 10.2 Å². The second-order valence-electron chi connectivity index (χ2n) is 21.5. The first kappa shape index (κ1) is 52.3. The maximum Gasteiger partial charge on any atom is 0.252 e. The molecule has 26 heteroatoms. The molecule has 0 saturated heterocycles. The number of rotatable bonds is 12. The number of nitrogens with zero attached hydrogens (tertiary/aromatic N) is 14. The van der Waals surface area contributed by atoms with Gasteiger partial charge in [-0.2, -0.15) is 19.6 Å². The summed E-state index contributed by atoms with van der Waals surface area (Å²) in [4.78, 5) is 26.8. The summed E-state index contributed by atoms with van der Waals surface area (Å²) in [6.45, 7) is 8.52. The molecule has 78 heavy (non-hydrogen) atoms. The van der Waals surface area contributed by atoms with E-state index in [1.54, 1.807) is 24.5 Å². The molecule has 4 aliphatic carbocycles. The molecule has 2 N–H and O–H groups in total. The number of halogens is 4. The summed E-state index contributed by atoms with van der Waals surface area (Å²) in [6, 6.07) is 10.7. The molecule has 20 nitrogen and oxygen atoms in total. The Morgan fingerprint density at radius 2 is 1.04 bits per heavy atom. The van der Waals surface area contributed by atoms with Crippen LogP contribution in [0.25, 0.3) is 34.4 Å². The summed E-state index contributed by atoms with van der Waals surface area (Å²) < 4.78 is 107. The third-order valence-corrected chi connectivity index (χ3v) is 18.3.